The number of fused-ring (bicyclic) bond motifs is 1. The van der Waals surface area contributed by atoms with Gasteiger partial charge in [-0.25, -0.2) is 9.50 Å². The molecule has 3 aromatic heterocycles. The van der Waals surface area contributed by atoms with Gasteiger partial charge in [-0.2, -0.15) is 0 Å². The van der Waals surface area contributed by atoms with Crippen molar-refractivity contribution < 1.29 is 4.74 Å². The normalized spacial score (nSPS) is 15.5. The van der Waals surface area contributed by atoms with Crippen LogP contribution in [0.4, 0.5) is 5.13 Å². The second-order valence-corrected chi connectivity index (χ2v) is 8.37. The Kier molecular flexibility index (Phi) is 5.33. The molecule has 0 aliphatic carbocycles. The Balaban J connectivity index is 1.32. The van der Waals surface area contributed by atoms with Gasteiger partial charge < -0.3 is 10.1 Å². The molecule has 1 N–H and O–H groups in total. The van der Waals surface area contributed by atoms with E-state index in [-0.39, 0.29) is 0 Å². The fourth-order valence-electron chi connectivity index (χ4n) is 3.95. The summed E-state index contributed by atoms with van der Waals surface area (Å²) in [6.45, 7) is 3.07. The van der Waals surface area contributed by atoms with Crippen molar-refractivity contribution in [1.29, 1.82) is 0 Å². The number of hydrogen-bond donors (Lipinski definition) is 1. The van der Waals surface area contributed by atoms with Crippen LogP contribution in [0.2, 0.25) is 0 Å². The zero-order valence-corrected chi connectivity index (χ0v) is 17.7. The van der Waals surface area contributed by atoms with Crippen LogP contribution in [0.25, 0.3) is 16.2 Å². The van der Waals surface area contributed by atoms with Crippen LogP contribution in [0.3, 0.4) is 0 Å². The second-order valence-electron chi connectivity index (χ2n) is 7.42. The number of imidazole rings is 1. The van der Waals surface area contributed by atoms with Crippen molar-refractivity contribution in [3.05, 3.63) is 60.6 Å². The molecule has 5 rings (SSSR count). The standard InChI is InChI=1S/C22H24N6OS/c1-29-18-8-6-16(7-9-18)20(27-11-2-3-12-27)14-24-21-26-28-15-19(25-22(28)30-21)17-5-4-10-23-13-17/h4-10,13,15,20H,2-3,11-12,14H2,1H3,(H,24,26). The molecule has 0 amide bonds. The Morgan fingerprint density at radius 2 is 2.00 bits per heavy atom. The molecule has 0 bridgehead atoms. The lowest BCUT2D eigenvalue weighted by molar-refractivity contribution is 0.256. The van der Waals surface area contributed by atoms with Crippen molar-refractivity contribution in [3.8, 4) is 17.0 Å². The molecule has 30 heavy (non-hydrogen) atoms. The molecule has 1 fully saturated rings. The number of nitrogens with one attached hydrogen (secondary N) is 1. The lowest BCUT2D eigenvalue weighted by Crippen LogP contribution is -2.31. The minimum absolute atomic E-state index is 0.306. The van der Waals surface area contributed by atoms with Crippen LogP contribution in [0, 0.1) is 0 Å². The van der Waals surface area contributed by atoms with Crippen LogP contribution >= 0.6 is 11.3 Å². The Hall–Kier alpha value is -2.97. The molecule has 8 heteroatoms. The summed E-state index contributed by atoms with van der Waals surface area (Å²) in [5.74, 6) is 0.887. The van der Waals surface area contributed by atoms with Crippen molar-refractivity contribution in [2.45, 2.75) is 18.9 Å². The first-order chi connectivity index (χ1) is 14.8. The number of anilines is 1. The van der Waals surface area contributed by atoms with Gasteiger partial charge in [0, 0.05) is 24.5 Å². The molecule has 1 aliphatic rings. The zero-order valence-electron chi connectivity index (χ0n) is 16.9. The molecule has 0 spiro atoms. The van der Waals surface area contributed by atoms with Gasteiger partial charge in [0.1, 0.15) is 5.75 Å². The highest BCUT2D eigenvalue weighted by Gasteiger charge is 2.24. The third kappa shape index (κ3) is 3.88. The number of methoxy groups -OCH3 is 1. The van der Waals surface area contributed by atoms with E-state index in [1.807, 2.05) is 41.2 Å². The first-order valence-corrected chi connectivity index (χ1v) is 11.0. The van der Waals surface area contributed by atoms with E-state index in [9.17, 15) is 0 Å². The van der Waals surface area contributed by atoms with Crippen LogP contribution in [0.15, 0.2) is 55.0 Å². The number of benzene rings is 1. The summed E-state index contributed by atoms with van der Waals surface area (Å²) in [7, 11) is 1.70. The van der Waals surface area contributed by atoms with Crippen LogP contribution in [-0.4, -0.2) is 51.2 Å². The molecular weight excluding hydrogens is 396 g/mol. The van der Waals surface area contributed by atoms with E-state index < -0.39 is 0 Å². The predicted octanol–water partition coefficient (Wildman–Crippen LogP) is 4.11. The molecule has 0 saturated carbocycles. The molecular formula is C22H24N6OS. The van der Waals surface area contributed by atoms with Crippen molar-refractivity contribution in [1.82, 2.24) is 24.5 Å². The predicted molar refractivity (Wildman–Crippen MR) is 119 cm³/mol. The van der Waals surface area contributed by atoms with Gasteiger partial charge in [0.2, 0.25) is 10.1 Å². The molecule has 7 nitrogen and oxygen atoms in total. The van der Waals surface area contributed by atoms with E-state index in [1.165, 1.54) is 18.4 Å². The molecule has 1 unspecified atom stereocenters. The maximum absolute atomic E-state index is 5.32. The van der Waals surface area contributed by atoms with E-state index >= 15 is 0 Å². The fourth-order valence-corrected chi connectivity index (χ4v) is 4.73. The highest BCUT2D eigenvalue weighted by Crippen LogP contribution is 2.29. The molecule has 1 aromatic carbocycles. The van der Waals surface area contributed by atoms with Gasteiger partial charge in [0.15, 0.2) is 0 Å². The third-order valence-corrected chi connectivity index (χ3v) is 6.41. The number of hydrogen-bond acceptors (Lipinski definition) is 7. The van der Waals surface area contributed by atoms with Crippen molar-refractivity contribution in [3.63, 3.8) is 0 Å². The van der Waals surface area contributed by atoms with Gasteiger partial charge in [-0.3, -0.25) is 9.88 Å². The van der Waals surface area contributed by atoms with E-state index in [2.05, 4.69) is 32.4 Å². The molecule has 1 atom stereocenters. The smallest absolute Gasteiger partial charge is 0.214 e. The average Bonchev–Trinajstić information content (AvgIpc) is 3.52. The maximum Gasteiger partial charge on any atom is 0.214 e. The molecule has 1 aliphatic heterocycles. The maximum atomic E-state index is 5.32. The number of rotatable bonds is 7. The largest absolute Gasteiger partial charge is 0.497 e. The minimum atomic E-state index is 0.306. The number of ether oxygens (including phenoxy) is 1. The van der Waals surface area contributed by atoms with Crippen molar-refractivity contribution >= 4 is 21.4 Å². The van der Waals surface area contributed by atoms with Gasteiger partial charge in [-0.15, -0.1) is 5.10 Å². The highest BCUT2D eigenvalue weighted by atomic mass is 32.1. The molecule has 4 aromatic rings. The zero-order chi connectivity index (χ0) is 20.3. The number of likely N-dealkylation sites (tertiary alicyclic amines) is 1. The fraction of sp³-hybridized carbons (Fsp3) is 0.318. The van der Waals surface area contributed by atoms with E-state index in [0.29, 0.717) is 6.04 Å². The average molecular weight is 421 g/mol. The lowest BCUT2D eigenvalue weighted by Gasteiger charge is -2.28. The Morgan fingerprint density at radius 3 is 2.70 bits per heavy atom. The summed E-state index contributed by atoms with van der Waals surface area (Å²) in [5, 5.41) is 9.11. The molecule has 4 heterocycles. The number of pyridine rings is 1. The Morgan fingerprint density at radius 1 is 1.17 bits per heavy atom. The van der Waals surface area contributed by atoms with Gasteiger partial charge in [0.05, 0.1) is 25.0 Å². The van der Waals surface area contributed by atoms with Gasteiger partial charge in [-0.1, -0.05) is 23.5 Å². The first-order valence-electron chi connectivity index (χ1n) is 10.2. The molecule has 0 radical (unpaired) electrons. The van der Waals surface area contributed by atoms with E-state index in [1.54, 1.807) is 24.6 Å². The SMILES string of the molecule is COc1ccc(C(CNc2nn3cc(-c4cccnc4)nc3s2)N2CCCC2)cc1. The third-order valence-electron chi connectivity index (χ3n) is 5.53. The van der Waals surface area contributed by atoms with Crippen LogP contribution in [-0.2, 0) is 0 Å². The Bertz CT molecular complexity index is 1070. The van der Waals surface area contributed by atoms with Crippen molar-refractivity contribution in [2.24, 2.45) is 0 Å². The molecule has 1 saturated heterocycles. The van der Waals surface area contributed by atoms with Gasteiger partial charge >= 0.3 is 0 Å². The van der Waals surface area contributed by atoms with Gasteiger partial charge in [-0.05, 0) is 55.8 Å². The highest BCUT2D eigenvalue weighted by molar-refractivity contribution is 7.20. The summed E-state index contributed by atoms with van der Waals surface area (Å²) >= 11 is 1.57. The minimum Gasteiger partial charge on any atom is -0.497 e. The van der Waals surface area contributed by atoms with Crippen LogP contribution in [0.5, 0.6) is 5.75 Å². The summed E-state index contributed by atoms with van der Waals surface area (Å²) < 4.78 is 7.16. The monoisotopic (exact) mass is 420 g/mol. The number of nitrogens with zero attached hydrogens (tertiary/aromatic N) is 5. The Labute approximate surface area is 179 Å². The van der Waals surface area contributed by atoms with Crippen LogP contribution < -0.4 is 10.1 Å². The topological polar surface area (TPSA) is 67.6 Å². The van der Waals surface area contributed by atoms with Crippen LogP contribution in [0.1, 0.15) is 24.4 Å². The quantitative estimate of drug-likeness (QED) is 0.485. The summed E-state index contributed by atoms with van der Waals surface area (Å²) in [6, 6.07) is 12.6. The van der Waals surface area contributed by atoms with Crippen molar-refractivity contribution in [2.75, 3.05) is 32.1 Å². The summed E-state index contributed by atoms with van der Waals surface area (Å²) in [4.78, 5) is 12.3. The van der Waals surface area contributed by atoms with Gasteiger partial charge in [0.25, 0.3) is 0 Å². The van der Waals surface area contributed by atoms with E-state index in [0.717, 1.165) is 46.7 Å². The van der Waals surface area contributed by atoms with E-state index in [4.69, 9.17) is 9.72 Å². The first kappa shape index (κ1) is 19.0. The summed E-state index contributed by atoms with van der Waals surface area (Å²) in [6.07, 6.45) is 8.06. The number of aromatic nitrogens is 4. The summed E-state index contributed by atoms with van der Waals surface area (Å²) in [5.41, 5.74) is 3.19. The second kappa shape index (κ2) is 8.41. The molecule has 154 valence electrons. The lowest BCUT2D eigenvalue weighted by atomic mass is 10.1.